The van der Waals surface area contributed by atoms with Crippen LogP contribution in [0, 0.1) is 0 Å². The van der Waals surface area contributed by atoms with Crippen molar-refractivity contribution in [1.82, 2.24) is 15.0 Å². The highest BCUT2D eigenvalue weighted by molar-refractivity contribution is 9.10. The monoisotopic (exact) mass is 378 g/mol. The van der Waals surface area contributed by atoms with Crippen LogP contribution in [0.25, 0.3) is 0 Å². The molecule has 0 radical (unpaired) electrons. The van der Waals surface area contributed by atoms with Gasteiger partial charge in [-0.2, -0.15) is 0 Å². The maximum absolute atomic E-state index is 12.3. The average molecular weight is 379 g/mol. The summed E-state index contributed by atoms with van der Waals surface area (Å²) < 4.78 is 27.5. The molecule has 0 unspecified atom stereocenters. The van der Waals surface area contributed by atoms with E-state index in [-0.39, 0.29) is 29.6 Å². The number of halogens is 1. The van der Waals surface area contributed by atoms with Crippen LogP contribution in [-0.4, -0.2) is 38.9 Å². The maximum Gasteiger partial charge on any atom is 0.244 e. The first-order valence-electron chi connectivity index (χ1n) is 6.56. The van der Waals surface area contributed by atoms with Crippen LogP contribution in [0.15, 0.2) is 21.6 Å². The molecule has 21 heavy (non-hydrogen) atoms. The normalized spacial score (nSPS) is 11.2. The first kappa shape index (κ1) is 17.9. The van der Waals surface area contributed by atoms with E-state index in [0.29, 0.717) is 17.6 Å². The van der Waals surface area contributed by atoms with Crippen molar-refractivity contribution in [3.8, 4) is 0 Å². The SMILES string of the molecule is CCNC(=O)CCNS(=O)(=O)c1cc(Br)cnc1NCC. The van der Waals surface area contributed by atoms with Crippen molar-refractivity contribution in [2.75, 3.05) is 25.0 Å². The predicted octanol–water partition coefficient (Wildman–Crippen LogP) is 1.08. The van der Waals surface area contributed by atoms with E-state index in [9.17, 15) is 13.2 Å². The van der Waals surface area contributed by atoms with E-state index < -0.39 is 10.0 Å². The van der Waals surface area contributed by atoms with Crippen LogP contribution < -0.4 is 15.4 Å². The summed E-state index contributed by atoms with van der Waals surface area (Å²) in [6.45, 7) is 4.76. The molecule has 0 aliphatic carbocycles. The fraction of sp³-hybridized carbons (Fsp3) is 0.500. The summed E-state index contributed by atoms with van der Waals surface area (Å²) in [6.07, 6.45) is 1.61. The van der Waals surface area contributed by atoms with Crippen molar-refractivity contribution < 1.29 is 13.2 Å². The highest BCUT2D eigenvalue weighted by Crippen LogP contribution is 2.22. The number of hydrogen-bond donors (Lipinski definition) is 3. The van der Waals surface area contributed by atoms with E-state index in [1.165, 1.54) is 12.3 Å². The van der Waals surface area contributed by atoms with Gasteiger partial charge in [-0.25, -0.2) is 18.1 Å². The Hall–Kier alpha value is -1.19. The zero-order valence-corrected chi connectivity index (χ0v) is 14.3. The van der Waals surface area contributed by atoms with Crippen LogP contribution in [0.3, 0.4) is 0 Å². The summed E-state index contributed by atoms with van der Waals surface area (Å²) in [6, 6.07) is 1.47. The van der Waals surface area contributed by atoms with Crippen molar-refractivity contribution in [2.45, 2.75) is 25.2 Å². The third-order valence-electron chi connectivity index (χ3n) is 2.47. The second-order valence-electron chi connectivity index (χ2n) is 4.13. The van der Waals surface area contributed by atoms with Crippen molar-refractivity contribution >= 4 is 37.7 Å². The molecule has 0 aliphatic heterocycles. The van der Waals surface area contributed by atoms with Crippen LogP contribution in [0.4, 0.5) is 5.82 Å². The Morgan fingerprint density at radius 1 is 1.33 bits per heavy atom. The molecule has 0 bridgehead atoms. The molecule has 1 aromatic rings. The quantitative estimate of drug-likeness (QED) is 0.628. The Kier molecular flexibility index (Phi) is 7.06. The van der Waals surface area contributed by atoms with Crippen molar-refractivity contribution in [3.63, 3.8) is 0 Å². The lowest BCUT2D eigenvalue weighted by Crippen LogP contribution is -2.31. The van der Waals surface area contributed by atoms with Crippen molar-refractivity contribution in [3.05, 3.63) is 16.7 Å². The zero-order chi connectivity index (χ0) is 15.9. The Labute approximate surface area is 133 Å². The number of nitrogens with one attached hydrogen (secondary N) is 3. The van der Waals surface area contributed by atoms with Crippen LogP contribution in [0.1, 0.15) is 20.3 Å². The highest BCUT2D eigenvalue weighted by Gasteiger charge is 2.20. The molecule has 0 aromatic carbocycles. The van der Waals surface area contributed by atoms with Gasteiger partial charge in [0.15, 0.2) is 0 Å². The van der Waals surface area contributed by atoms with Gasteiger partial charge in [-0.15, -0.1) is 0 Å². The van der Waals surface area contributed by atoms with E-state index in [1.54, 1.807) is 6.92 Å². The molecule has 1 rings (SSSR count). The van der Waals surface area contributed by atoms with Gasteiger partial charge in [-0.3, -0.25) is 4.79 Å². The molecular formula is C12H19BrN4O3S. The Morgan fingerprint density at radius 3 is 2.67 bits per heavy atom. The highest BCUT2D eigenvalue weighted by atomic mass is 79.9. The van der Waals surface area contributed by atoms with E-state index in [1.807, 2.05) is 6.92 Å². The number of aromatic nitrogens is 1. The standard InChI is InChI=1S/C12H19BrN4O3S/c1-3-14-11(18)5-6-17-21(19,20)10-7-9(13)8-16-12(10)15-4-2/h7-8,17H,3-6H2,1-2H3,(H,14,18)(H,15,16). The number of carbonyl (C=O) groups excluding carboxylic acids is 1. The summed E-state index contributed by atoms with van der Waals surface area (Å²) in [5, 5.41) is 5.50. The maximum atomic E-state index is 12.3. The van der Waals surface area contributed by atoms with Crippen LogP contribution in [-0.2, 0) is 14.8 Å². The first-order valence-corrected chi connectivity index (χ1v) is 8.84. The minimum atomic E-state index is -3.73. The van der Waals surface area contributed by atoms with E-state index in [4.69, 9.17) is 0 Å². The van der Waals surface area contributed by atoms with Gasteiger partial charge < -0.3 is 10.6 Å². The average Bonchev–Trinajstić information content (AvgIpc) is 2.41. The summed E-state index contributed by atoms with van der Waals surface area (Å²) in [5.41, 5.74) is 0. The summed E-state index contributed by atoms with van der Waals surface area (Å²) in [5.74, 6) is 0.0886. The molecule has 0 spiro atoms. The van der Waals surface area contributed by atoms with E-state index in [2.05, 4.69) is 36.3 Å². The Balaban J connectivity index is 2.82. The van der Waals surface area contributed by atoms with Gasteiger partial charge in [0.05, 0.1) is 0 Å². The van der Waals surface area contributed by atoms with Gasteiger partial charge in [0, 0.05) is 36.7 Å². The van der Waals surface area contributed by atoms with Crippen LogP contribution in [0.2, 0.25) is 0 Å². The summed E-state index contributed by atoms with van der Waals surface area (Å²) >= 11 is 3.21. The Morgan fingerprint density at radius 2 is 2.05 bits per heavy atom. The summed E-state index contributed by atoms with van der Waals surface area (Å²) in [7, 11) is -3.73. The number of amides is 1. The zero-order valence-electron chi connectivity index (χ0n) is 11.9. The van der Waals surface area contributed by atoms with Crippen molar-refractivity contribution in [1.29, 1.82) is 0 Å². The second-order valence-corrected chi connectivity index (χ2v) is 6.78. The number of pyridine rings is 1. The largest absolute Gasteiger partial charge is 0.369 e. The van der Waals surface area contributed by atoms with Gasteiger partial charge in [0.1, 0.15) is 10.7 Å². The third-order valence-corrected chi connectivity index (χ3v) is 4.38. The molecule has 1 amide bonds. The number of sulfonamides is 1. The number of carbonyl (C=O) groups is 1. The lowest BCUT2D eigenvalue weighted by Gasteiger charge is -2.11. The topological polar surface area (TPSA) is 100 Å². The van der Waals surface area contributed by atoms with Gasteiger partial charge >= 0.3 is 0 Å². The molecule has 0 saturated heterocycles. The molecule has 1 heterocycles. The number of rotatable bonds is 8. The molecule has 118 valence electrons. The minimum absolute atomic E-state index is 0.0340. The third kappa shape index (κ3) is 5.60. The molecule has 0 saturated carbocycles. The fourth-order valence-electron chi connectivity index (χ4n) is 1.59. The fourth-order valence-corrected chi connectivity index (χ4v) is 3.26. The second kappa shape index (κ2) is 8.30. The van der Waals surface area contributed by atoms with E-state index in [0.717, 1.165) is 0 Å². The molecule has 0 atom stereocenters. The first-order chi connectivity index (χ1) is 9.90. The van der Waals surface area contributed by atoms with Gasteiger partial charge in [-0.05, 0) is 35.8 Å². The van der Waals surface area contributed by atoms with E-state index >= 15 is 0 Å². The lowest BCUT2D eigenvalue weighted by atomic mass is 10.4. The molecule has 0 aliphatic rings. The van der Waals surface area contributed by atoms with Crippen LogP contribution >= 0.6 is 15.9 Å². The predicted molar refractivity (Wildman–Crippen MR) is 84.6 cm³/mol. The molecular weight excluding hydrogens is 360 g/mol. The van der Waals surface area contributed by atoms with Gasteiger partial charge in [0.25, 0.3) is 0 Å². The molecule has 7 nitrogen and oxygen atoms in total. The van der Waals surface area contributed by atoms with Gasteiger partial charge in [-0.1, -0.05) is 0 Å². The number of hydrogen-bond acceptors (Lipinski definition) is 5. The number of anilines is 1. The summed E-state index contributed by atoms with van der Waals surface area (Å²) in [4.78, 5) is 15.4. The smallest absolute Gasteiger partial charge is 0.244 e. The van der Waals surface area contributed by atoms with Crippen molar-refractivity contribution in [2.24, 2.45) is 0 Å². The molecule has 1 aromatic heterocycles. The molecule has 0 fully saturated rings. The molecule has 3 N–H and O–H groups in total. The number of nitrogens with zero attached hydrogens (tertiary/aromatic N) is 1. The Bertz CT molecular complexity index is 592. The van der Waals surface area contributed by atoms with Gasteiger partial charge in [0.2, 0.25) is 15.9 Å². The minimum Gasteiger partial charge on any atom is -0.369 e. The van der Waals surface area contributed by atoms with Crippen LogP contribution in [0.5, 0.6) is 0 Å². The molecule has 9 heteroatoms. The lowest BCUT2D eigenvalue weighted by molar-refractivity contribution is -0.120.